The van der Waals surface area contributed by atoms with Gasteiger partial charge in [0.25, 0.3) is 0 Å². The van der Waals surface area contributed by atoms with Crippen LogP contribution in [0.5, 0.6) is 0 Å². The van der Waals surface area contributed by atoms with Crippen LogP contribution in [0.3, 0.4) is 0 Å². The Morgan fingerprint density at radius 1 is 0.840 bits per heavy atom. The van der Waals surface area contributed by atoms with Crippen molar-refractivity contribution >= 4 is 12.1 Å². The van der Waals surface area contributed by atoms with Crippen molar-refractivity contribution in [1.82, 2.24) is 5.32 Å². The highest BCUT2D eigenvalue weighted by atomic mass is 16.6. The van der Waals surface area contributed by atoms with Crippen LogP contribution < -0.4 is 5.32 Å². The number of hydrogen-bond acceptors (Lipinski definition) is 7. The van der Waals surface area contributed by atoms with Crippen LogP contribution >= 0.6 is 0 Å². The third kappa shape index (κ3) is 18.8. The first-order valence-electron chi connectivity index (χ1n) is 8.71. The number of nitrogens with one attached hydrogen (secondary N) is 1. The third-order valence-corrected chi connectivity index (χ3v) is 2.60. The minimum Gasteiger partial charge on any atom is -0.463 e. The van der Waals surface area contributed by atoms with Crippen molar-refractivity contribution in [3.8, 4) is 0 Å². The molecule has 0 spiro atoms. The Balaban J connectivity index is 3.22. The monoisotopic (exact) mass is 363 g/mol. The summed E-state index contributed by atoms with van der Waals surface area (Å²) in [6, 6.07) is 0. The van der Waals surface area contributed by atoms with Crippen molar-refractivity contribution in [2.24, 2.45) is 0 Å². The van der Waals surface area contributed by atoms with E-state index in [2.05, 4.69) is 5.32 Å². The summed E-state index contributed by atoms with van der Waals surface area (Å²) in [4.78, 5) is 22.4. The fourth-order valence-corrected chi connectivity index (χ4v) is 1.57. The number of rotatable bonds is 14. The number of amides is 1. The van der Waals surface area contributed by atoms with Crippen molar-refractivity contribution in [1.29, 1.82) is 0 Å². The van der Waals surface area contributed by atoms with Gasteiger partial charge in [0, 0.05) is 13.0 Å². The summed E-state index contributed by atoms with van der Waals surface area (Å²) in [7, 11) is 0. The molecule has 0 heterocycles. The maximum absolute atomic E-state index is 11.4. The quantitative estimate of drug-likeness (QED) is 0.372. The van der Waals surface area contributed by atoms with E-state index in [0.29, 0.717) is 52.6 Å². The van der Waals surface area contributed by atoms with Crippen LogP contribution in [-0.4, -0.2) is 70.5 Å². The molecule has 1 N–H and O–H groups in total. The maximum Gasteiger partial charge on any atom is 0.407 e. The number of hydrogen-bond donors (Lipinski definition) is 1. The van der Waals surface area contributed by atoms with E-state index < -0.39 is 11.7 Å². The van der Waals surface area contributed by atoms with E-state index in [4.69, 9.17) is 23.7 Å². The van der Waals surface area contributed by atoms with E-state index in [1.54, 1.807) is 0 Å². The number of carbonyl (C=O) groups excluding carboxylic acids is 2. The summed E-state index contributed by atoms with van der Waals surface area (Å²) in [5.41, 5.74) is -0.502. The first-order chi connectivity index (χ1) is 11.8. The van der Waals surface area contributed by atoms with Gasteiger partial charge >= 0.3 is 12.1 Å². The number of esters is 1. The van der Waals surface area contributed by atoms with Crippen LogP contribution in [0.4, 0.5) is 4.79 Å². The zero-order valence-electron chi connectivity index (χ0n) is 15.9. The van der Waals surface area contributed by atoms with E-state index in [1.165, 1.54) is 0 Å². The van der Waals surface area contributed by atoms with E-state index >= 15 is 0 Å². The largest absolute Gasteiger partial charge is 0.463 e. The molecular formula is C17H33NO7. The van der Waals surface area contributed by atoms with E-state index in [1.807, 2.05) is 27.7 Å². The average molecular weight is 363 g/mol. The van der Waals surface area contributed by atoms with Crippen LogP contribution in [0.2, 0.25) is 0 Å². The van der Waals surface area contributed by atoms with Crippen molar-refractivity contribution in [3.05, 3.63) is 0 Å². The Hall–Kier alpha value is -1.38. The molecule has 8 heteroatoms. The lowest BCUT2D eigenvalue weighted by molar-refractivity contribution is -0.145. The van der Waals surface area contributed by atoms with Gasteiger partial charge in [-0.3, -0.25) is 4.79 Å². The van der Waals surface area contributed by atoms with Gasteiger partial charge in [0.1, 0.15) is 12.2 Å². The molecule has 25 heavy (non-hydrogen) atoms. The summed E-state index contributed by atoms with van der Waals surface area (Å²) >= 11 is 0. The zero-order valence-corrected chi connectivity index (χ0v) is 15.9. The Bertz CT molecular complexity index is 355. The summed E-state index contributed by atoms with van der Waals surface area (Å²) in [5.74, 6) is -0.194. The molecule has 0 radical (unpaired) electrons. The van der Waals surface area contributed by atoms with Gasteiger partial charge in [-0.1, -0.05) is 6.92 Å². The summed E-state index contributed by atoms with van der Waals surface area (Å²) in [6.45, 7) is 10.5. The molecule has 0 aliphatic heterocycles. The average Bonchev–Trinajstić information content (AvgIpc) is 2.50. The summed E-state index contributed by atoms with van der Waals surface area (Å²) < 4.78 is 25.9. The Kier molecular flexibility index (Phi) is 14.1. The van der Waals surface area contributed by atoms with Crippen molar-refractivity contribution in [3.63, 3.8) is 0 Å². The zero-order chi connectivity index (χ0) is 19.0. The minimum atomic E-state index is -0.502. The van der Waals surface area contributed by atoms with Gasteiger partial charge < -0.3 is 29.0 Å². The first kappa shape index (κ1) is 23.6. The van der Waals surface area contributed by atoms with Gasteiger partial charge in [-0.15, -0.1) is 0 Å². The SMILES string of the molecule is CCCC(=O)OCCOCCOCCOCCNC(=O)OC(C)(C)C. The van der Waals surface area contributed by atoms with Gasteiger partial charge in [-0.25, -0.2) is 4.79 Å². The molecule has 0 fully saturated rings. The molecule has 0 saturated heterocycles. The second-order valence-corrected chi connectivity index (χ2v) is 6.24. The van der Waals surface area contributed by atoms with Crippen LogP contribution in [0.25, 0.3) is 0 Å². The number of carbonyl (C=O) groups is 2. The fourth-order valence-electron chi connectivity index (χ4n) is 1.57. The summed E-state index contributed by atoms with van der Waals surface area (Å²) in [6.07, 6.45) is 0.771. The third-order valence-electron chi connectivity index (χ3n) is 2.60. The van der Waals surface area contributed by atoms with Crippen LogP contribution in [0.15, 0.2) is 0 Å². The molecule has 0 aromatic carbocycles. The predicted molar refractivity (Wildman–Crippen MR) is 92.6 cm³/mol. The second-order valence-electron chi connectivity index (χ2n) is 6.24. The minimum absolute atomic E-state index is 0.194. The lowest BCUT2D eigenvalue weighted by Gasteiger charge is -2.19. The van der Waals surface area contributed by atoms with Crippen LogP contribution in [0.1, 0.15) is 40.5 Å². The molecule has 1 amide bonds. The molecule has 0 atom stereocenters. The lowest BCUT2D eigenvalue weighted by Crippen LogP contribution is -2.34. The Morgan fingerprint density at radius 2 is 1.36 bits per heavy atom. The predicted octanol–water partition coefficient (Wildman–Crippen LogP) is 1.90. The lowest BCUT2D eigenvalue weighted by atomic mass is 10.2. The molecule has 0 rings (SSSR count). The normalized spacial score (nSPS) is 11.2. The molecule has 148 valence electrons. The van der Waals surface area contributed by atoms with Gasteiger partial charge in [0.2, 0.25) is 0 Å². The number of ether oxygens (including phenoxy) is 5. The summed E-state index contributed by atoms with van der Waals surface area (Å²) in [5, 5.41) is 2.60. The second kappa shape index (κ2) is 14.9. The van der Waals surface area contributed by atoms with E-state index in [9.17, 15) is 9.59 Å². The van der Waals surface area contributed by atoms with Crippen molar-refractivity contribution < 1.29 is 33.3 Å². The van der Waals surface area contributed by atoms with Crippen molar-refractivity contribution in [2.75, 3.05) is 52.8 Å². The number of alkyl carbamates (subject to hydrolysis) is 1. The highest BCUT2D eigenvalue weighted by Gasteiger charge is 2.15. The van der Waals surface area contributed by atoms with Crippen LogP contribution in [-0.2, 0) is 28.5 Å². The molecule has 0 unspecified atom stereocenters. The maximum atomic E-state index is 11.4. The Labute approximate surface area is 150 Å². The first-order valence-corrected chi connectivity index (χ1v) is 8.71. The van der Waals surface area contributed by atoms with Crippen LogP contribution in [0, 0.1) is 0 Å². The standard InChI is InChI=1S/C17H33NO7/c1-5-6-15(19)24-14-13-23-12-11-22-10-9-21-8-7-18-16(20)25-17(2,3)4/h5-14H2,1-4H3,(H,18,20). The van der Waals surface area contributed by atoms with E-state index in [0.717, 1.165) is 6.42 Å². The van der Waals surface area contributed by atoms with Gasteiger partial charge in [-0.05, 0) is 27.2 Å². The molecule has 0 aliphatic carbocycles. The topological polar surface area (TPSA) is 92.3 Å². The Morgan fingerprint density at radius 3 is 1.88 bits per heavy atom. The van der Waals surface area contributed by atoms with E-state index in [-0.39, 0.29) is 12.6 Å². The van der Waals surface area contributed by atoms with Gasteiger partial charge in [0.15, 0.2) is 0 Å². The van der Waals surface area contributed by atoms with Crippen molar-refractivity contribution in [2.45, 2.75) is 46.1 Å². The molecule has 0 aromatic rings. The molecule has 0 bridgehead atoms. The molecule has 0 aromatic heterocycles. The smallest absolute Gasteiger partial charge is 0.407 e. The molecule has 8 nitrogen and oxygen atoms in total. The highest BCUT2D eigenvalue weighted by Crippen LogP contribution is 2.05. The molecular weight excluding hydrogens is 330 g/mol. The molecule has 0 aliphatic rings. The fraction of sp³-hybridized carbons (Fsp3) is 0.882. The molecule has 0 saturated carbocycles. The highest BCUT2D eigenvalue weighted by molar-refractivity contribution is 5.69. The van der Waals surface area contributed by atoms with Gasteiger partial charge in [-0.2, -0.15) is 0 Å². The van der Waals surface area contributed by atoms with Gasteiger partial charge in [0.05, 0.1) is 39.6 Å².